The van der Waals surface area contributed by atoms with Crippen LogP contribution in [-0.2, 0) is 14.3 Å². The number of nitrogens with zero attached hydrogens (tertiary/aromatic N) is 1. The summed E-state index contributed by atoms with van der Waals surface area (Å²) in [6.07, 6.45) is 2.75. The van der Waals surface area contributed by atoms with Crippen molar-refractivity contribution >= 4 is 46.1 Å². The fraction of sp³-hybridized carbons (Fsp3) is 0.353. The number of amides is 1. The van der Waals surface area contributed by atoms with Crippen molar-refractivity contribution in [1.29, 1.82) is 0 Å². The summed E-state index contributed by atoms with van der Waals surface area (Å²) in [7, 11) is 0. The van der Waals surface area contributed by atoms with Gasteiger partial charge in [-0.15, -0.1) is 11.3 Å². The van der Waals surface area contributed by atoms with Gasteiger partial charge in [-0.3, -0.25) is 4.79 Å². The van der Waals surface area contributed by atoms with Crippen molar-refractivity contribution < 1.29 is 19.4 Å². The van der Waals surface area contributed by atoms with E-state index in [9.17, 15) is 14.7 Å². The molecule has 1 N–H and O–H groups in total. The zero-order chi connectivity index (χ0) is 17.7. The average molecular weight is 365 g/mol. The van der Waals surface area contributed by atoms with Gasteiger partial charge in [0.2, 0.25) is 5.91 Å². The molecule has 1 aromatic rings. The van der Waals surface area contributed by atoms with Crippen LogP contribution in [0.4, 0.5) is 0 Å². The quantitative estimate of drug-likeness (QED) is 0.790. The third kappa shape index (κ3) is 4.36. The third-order valence-corrected chi connectivity index (χ3v) is 5.06. The molecular formula is C17H19NO4S2. The fourth-order valence-electron chi connectivity index (χ4n) is 2.04. The highest BCUT2D eigenvalue weighted by molar-refractivity contribution is 8.18. The molecule has 0 bridgehead atoms. The lowest BCUT2D eigenvalue weighted by Gasteiger charge is -2.03. The number of hydrogen-bond donors (Lipinski definition) is 1. The Bertz CT molecular complexity index is 744. The Kier molecular flexibility index (Phi) is 6.39. The minimum absolute atomic E-state index is 0.0363. The van der Waals surface area contributed by atoms with Gasteiger partial charge in [-0.1, -0.05) is 18.7 Å². The molecule has 0 unspecified atom stereocenters. The van der Waals surface area contributed by atoms with E-state index in [-0.39, 0.29) is 28.9 Å². The lowest BCUT2D eigenvalue weighted by molar-refractivity contribution is -0.138. The lowest BCUT2D eigenvalue weighted by Crippen LogP contribution is -2.14. The van der Waals surface area contributed by atoms with Gasteiger partial charge >= 0.3 is 5.97 Å². The van der Waals surface area contributed by atoms with Gasteiger partial charge in [-0.05, 0) is 38.5 Å². The van der Waals surface area contributed by atoms with E-state index < -0.39 is 5.97 Å². The first-order valence-corrected chi connectivity index (χ1v) is 9.28. The van der Waals surface area contributed by atoms with Crippen molar-refractivity contribution in [2.45, 2.75) is 33.6 Å². The van der Waals surface area contributed by atoms with Crippen molar-refractivity contribution in [1.82, 2.24) is 0 Å². The number of ether oxygens (including phenoxy) is 1. The van der Waals surface area contributed by atoms with E-state index in [1.165, 1.54) is 0 Å². The van der Waals surface area contributed by atoms with E-state index in [0.29, 0.717) is 17.7 Å². The summed E-state index contributed by atoms with van der Waals surface area (Å²) in [4.78, 5) is 30.5. The Morgan fingerprint density at radius 2 is 2.08 bits per heavy atom. The molecule has 1 amide bonds. The molecule has 24 heavy (non-hydrogen) atoms. The Morgan fingerprint density at radius 3 is 2.67 bits per heavy atom. The predicted octanol–water partition coefficient (Wildman–Crippen LogP) is 4.24. The molecule has 1 aliphatic heterocycles. The average Bonchev–Trinajstić information content (AvgIpc) is 3.04. The van der Waals surface area contributed by atoms with Crippen LogP contribution in [0.15, 0.2) is 33.4 Å². The van der Waals surface area contributed by atoms with Crippen molar-refractivity contribution in [3.8, 4) is 0 Å². The number of carbonyl (C=O) groups excluding carboxylic acids is 2. The number of thioether (sulfide) groups is 1. The maximum absolute atomic E-state index is 12.1. The van der Waals surface area contributed by atoms with E-state index >= 15 is 0 Å². The molecule has 0 spiro atoms. The van der Waals surface area contributed by atoms with E-state index in [0.717, 1.165) is 21.5 Å². The van der Waals surface area contributed by atoms with E-state index in [2.05, 4.69) is 4.99 Å². The predicted molar refractivity (Wildman–Crippen MR) is 98.3 cm³/mol. The van der Waals surface area contributed by atoms with Crippen LogP contribution in [0.5, 0.6) is 0 Å². The first kappa shape index (κ1) is 18.5. The summed E-state index contributed by atoms with van der Waals surface area (Å²) in [5.74, 6) is -1.17. The molecule has 2 heterocycles. The molecule has 1 aromatic heterocycles. The minimum Gasteiger partial charge on any atom is -0.506 e. The molecule has 0 aliphatic carbocycles. The number of esters is 1. The van der Waals surface area contributed by atoms with Crippen LogP contribution in [0.25, 0.3) is 6.08 Å². The van der Waals surface area contributed by atoms with Crippen molar-refractivity contribution in [2.75, 3.05) is 6.61 Å². The number of aliphatic imine (C=N–C) groups is 1. The summed E-state index contributed by atoms with van der Waals surface area (Å²) in [6.45, 7) is 5.73. The second kappa shape index (κ2) is 8.30. The zero-order valence-corrected chi connectivity index (χ0v) is 15.4. The standard InChI is InChI=1S/C17H19NO4S2/c1-4-6-13(19)18-16-14(17(21)22-5-2)15(20)12(24-16)9-11-8-7-10(3)23-11/h7-9,20H,4-6H2,1-3H3/b12-9-,18-16?. The van der Waals surface area contributed by atoms with Crippen LogP contribution in [-0.4, -0.2) is 28.6 Å². The van der Waals surface area contributed by atoms with Crippen molar-refractivity contribution in [3.05, 3.63) is 38.1 Å². The molecule has 0 atom stereocenters. The molecule has 5 nitrogen and oxygen atoms in total. The highest BCUT2D eigenvalue weighted by Gasteiger charge is 2.33. The van der Waals surface area contributed by atoms with Crippen LogP contribution in [0.2, 0.25) is 0 Å². The molecule has 1 aliphatic rings. The SMILES string of the molecule is CCCC(=O)N=C1S/C(=C\c2ccc(C)s2)C(O)=C1C(=O)OCC. The minimum atomic E-state index is -0.670. The number of rotatable bonds is 5. The highest BCUT2D eigenvalue weighted by Crippen LogP contribution is 2.39. The smallest absolute Gasteiger partial charge is 0.344 e. The number of aliphatic hydroxyl groups is 1. The summed E-state index contributed by atoms with van der Waals surface area (Å²) < 4.78 is 4.98. The van der Waals surface area contributed by atoms with Gasteiger partial charge in [-0.25, -0.2) is 9.79 Å². The van der Waals surface area contributed by atoms with Crippen LogP contribution in [0, 0.1) is 6.92 Å². The third-order valence-electron chi connectivity index (χ3n) is 3.09. The molecule has 2 rings (SSSR count). The fourth-order valence-corrected chi connectivity index (χ4v) is 3.95. The normalized spacial score (nSPS) is 17.8. The summed E-state index contributed by atoms with van der Waals surface area (Å²) in [6, 6.07) is 3.91. The van der Waals surface area contributed by atoms with Crippen molar-refractivity contribution in [2.24, 2.45) is 4.99 Å². The van der Waals surface area contributed by atoms with E-state index in [4.69, 9.17) is 4.74 Å². The maximum atomic E-state index is 12.1. The number of thiophene rings is 1. The molecule has 128 valence electrons. The first-order valence-electron chi connectivity index (χ1n) is 7.64. The van der Waals surface area contributed by atoms with Gasteiger partial charge in [0.25, 0.3) is 0 Å². The molecule has 0 aromatic carbocycles. The topological polar surface area (TPSA) is 76.0 Å². The number of carbonyl (C=O) groups is 2. The summed E-state index contributed by atoms with van der Waals surface area (Å²) in [5, 5.41) is 10.6. The van der Waals surface area contributed by atoms with E-state index in [1.54, 1.807) is 24.3 Å². The second-order valence-electron chi connectivity index (χ2n) is 5.06. The first-order chi connectivity index (χ1) is 11.5. The van der Waals surface area contributed by atoms with Gasteiger partial charge in [0.15, 0.2) is 0 Å². The zero-order valence-electron chi connectivity index (χ0n) is 13.8. The second-order valence-corrected chi connectivity index (χ2v) is 7.41. The van der Waals surface area contributed by atoms with Gasteiger partial charge in [0.1, 0.15) is 16.4 Å². The highest BCUT2D eigenvalue weighted by atomic mass is 32.2. The molecule has 7 heteroatoms. The van der Waals surface area contributed by atoms with Gasteiger partial charge < -0.3 is 9.84 Å². The number of aryl methyl sites for hydroxylation is 1. The van der Waals surface area contributed by atoms with Crippen LogP contribution in [0.3, 0.4) is 0 Å². The molecule has 0 saturated carbocycles. The summed E-state index contributed by atoms with van der Waals surface area (Å²) in [5.41, 5.74) is -0.0363. The number of aliphatic hydroxyl groups excluding tert-OH is 1. The van der Waals surface area contributed by atoms with Gasteiger partial charge in [0.05, 0.1) is 11.5 Å². The Labute approximate surface area is 149 Å². The van der Waals surface area contributed by atoms with Gasteiger partial charge in [0, 0.05) is 16.2 Å². The van der Waals surface area contributed by atoms with E-state index in [1.807, 2.05) is 26.0 Å². The lowest BCUT2D eigenvalue weighted by atomic mass is 10.2. The molecular weight excluding hydrogens is 346 g/mol. The van der Waals surface area contributed by atoms with Gasteiger partial charge in [-0.2, -0.15) is 0 Å². The van der Waals surface area contributed by atoms with Crippen LogP contribution < -0.4 is 0 Å². The Morgan fingerprint density at radius 1 is 1.33 bits per heavy atom. The Balaban J connectivity index is 2.41. The molecule has 0 saturated heterocycles. The molecule has 0 radical (unpaired) electrons. The van der Waals surface area contributed by atoms with Crippen molar-refractivity contribution in [3.63, 3.8) is 0 Å². The largest absolute Gasteiger partial charge is 0.506 e. The molecule has 0 fully saturated rings. The monoisotopic (exact) mass is 365 g/mol. The summed E-state index contributed by atoms with van der Waals surface area (Å²) >= 11 is 2.68. The van der Waals surface area contributed by atoms with Crippen LogP contribution >= 0.6 is 23.1 Å². The number of hydrogen-bond acceptors (Lipinski definition) is 6. The Hall–Kier alpha value is -1.86. The van der Waals surface area contributed by atoms with Crippen LogP contribution in [0.1, 0.15) is 36.4 Å². The maximum Gasteiger partial charge on any atom is 0.344 e.